The fourth-order valence-electron chi connectivity index (χ4n) is 3.54. The van der Waals surface area contributed by atoms with E-state index in [0.717, 1.165) is 17.7 Å². The maximum absolute atomic E-state index is 13.4. The van der Waals surface area contributed by atoms with Gasteiger partial charge in [-0.1, -0.05) is 30.3 Å². The molecule has 0 aliphatic carbocycles. The van der Waals surface area contributed by atoms with Gasteiger partial charge >= 0.3 is 0 Å². The summed E-state index contributed by atoms with van der Waals surface area (Å²) in [7, 11) is 0. The molecule has 0 aromatic heterocycles. The zero-order chi connectivity index (χ0) is 21.7. The first kappa shape index (κ1) is 21.9. The van der Waals surface area contributed by atoms with Crippen LogP contribution in [0.15, 0.2) is 48.5 Å². The Labute approximate surface area is 175 Å². The Bertz CT molecular complexity index is 881. The first-order valence-electron chi connectivity index (χ1n) is 10.1. The Hall–Kier alpha value is -2.80. The highest BCUT2D eigenvalue weighted by Crippen LogP contribution is 2.14. The van der Waals surface area contributed by atoms with Crippen LogP contribution < -0.4 is 0 Å². The predicted molar refractivity (Wildman–Crippen MR) is 111 cm³/mol. The maximum Gasteiger partial charge on any atom is 0.254 e. The molecule has 2 aromatic rings. The molecule has 0 N–H and O–H groups in total. The van der Waals surface area contributed by atoms with Gasteiger partial charge in [0.2, 0.25) is 5.91 Å². The minimum absolute atomic E-state index is 0.0502. The van der Waals surface area contributed by atoms with Crippen LogP contribution in [0, 0.1) is 11.6 Å². The number of nitrogens with zero attached hydrogens (tertiary/aromatic N) is 3. The molecule has 0 atom stereocenters. The number of benzene rings is 2. The summed E-state index contributed by atoms with van der Waals surface area (Å²) in [5.41, 5.74) is 1.22. The van der Waals surface area contributed by atoms with Crippen molar-refractivity contribution < 1.29 is 18.4 Å². The van der Waals surface area contributed by atoms with Gasteiger partial charge in [0, 0.05) is 44.3 Å². The molecule has 0 unspecified atom stereocenters. The molecule has 5 nitrogen and oxygen atoms in total. The zero-order valence-electron chi connectivity index (χ0n) is 17.4. The molecule has 0 radical (unpaired) electrons. The molecule has 30 heavy (non-hydrogen) atoms. The van der Waals surface area contributed by atoms with Gasteiger partial charge in [-0.05, 0) is 37.6 Å². The molecule has 0 spiro atoms. The second-order valence-corrected chi connectivity index (χ2v) is 7.80. The third kappa shape index (κ3) is 5.42. The number of amides is 2. The summed E-state index contributed by atoms with van der Waals surface area (Å²) in [6.07, 6.45) is 0. The summed E-state index contributed by atoms with van der Waals surface area (Å²) in [5.74, 6) is -2.28. The number of carbonyl (C=O) groups excluding carboxylic acids is 2. The highest BCUT2D eigenvalue weighted by atomic mass is 19.2. The summed E-state index contributed by atoms with van der Waals surface area (Å²) in [5, 5.41) is 0. The predicted octanol–water partition coefficient (Wildman–Crippen LogP) is 3.16. The van der Waals surface area contributed by atoms with Crippen molar-refractivity contribution in [1.82, 2.24) is 14.7 Å². The van der Waals surface area contributed by atoms with Crippen molar-refractivity contribution in [1.29, 1.82) is 0 Å². The Balaban J connectivity index is 1.54. The average molecular weight is 415 g/mol. The van der Waals surface area contributed by atoms with E-state index in [0.29, 0.717) is 32.7 Å². The van der Waals surface area contributed by atoms with Gasteiger partial charge in [-0.15, -0.1) is 0 Å². The monoisotopic (exact) mass is 415 g/mol. The summed E-state index contributed by atoms with van der Waals surface area (Å²) in [6.45, 7) is 6.83. The normalized spacial score (nSPS) is 14.8. The minimum Gasteiger partial charge on any atom is -0.336 e. The first-order valence-corrected chi connectivity index (χ1v) is 10.1. The number of piperazine rings is 1. The van der Waals surface area contributed by atoms with Crippen LogP contribution in [0.3, 0.4) is 0 Å². The molecule has 3 rings (SSSR count). The molecular formula is C23H27F2N3O2. The lowest BCUT2D eigenvalue weighted by Crippen LogP contribution is -2.52. The van der Waals surface area contributed by atoms with Gasteiger partial charge in [-0.2, -0.15) is 0 Å². The SMILES string of the molecule is CC(C)N(Cc1ccccc1)C(=O)CN1CCN(C(=O)c2ccc(F)c(F)c2)CC1. The van der Waals surface area contributed by atoms with E-state index in [-0.39, 0.29) is 30.0 Å². The lowest BCUT2D eigenvalue weighted by atomic mass is 10.1. The van der Waals surface area contributed by atoms with Crippen molar-refractivity contribution in [2.24, 2.45) is 0 Å². The molecule has 2 amide bonds. The Kier molecular flexibility index (Phi) is 7.15. The lowest BCUT2D eigenvalue weighted by molar-refractivity contribution is -0.135. The van der Waals surface area contributed by atoms with Crippen molar-refractivity contribution in [3.63, 3.8) is 0 Å². The van der Waals surface area contributed by atoms with E-state index in [1.807, 2.05) is 54.0 Å². The summed E-state index contributed by atoms with van der Waals surface area (Å²) in [6, 6.07) is 13.1. The Morgan fingerprint density at radius 1 is 0.967 bits per heavy atom. The van der Waals surface area contributed by atoms with Crippen LogP contribution in [0.2, 0.25) is 0 Å². The molecular weight excluding hydrogens is 388 g/mol. The fraction of sp³-hybridized carbons (Fsp3) is 0.391. The van der Waals surface area contributed by atoms with E-state index < -0.39 is 11.6 Å². The van der Waals surface area contributed by atoms with Crippen LogP contribution >= 0.6 is 0 Å². The number of carbonyl (C=O) groups is 2. The third-order valence-electron chi connectivity index (χ3n) is 5.32. The van der Waals surface area contributed by atoms with Crippen molar-refractivity contribution in [2.45, 2.75) is 26.4 Å². The smallest absolute Gasteiger partial charge is 0.254 e. The van der Waals surface area contributed by atoms with Crippen molar-refractivity contribution >= 4 is 11.8 Å². The van der Waals surface area contributed by atoms with Crippen LogP contribution in [0.1, 0.15) is 29.8 Å². The third-order valence-corrected chi connectivity index (χ3v) is 5.32. The van der Waals surface area contributed by atoms with Crippen molar-refractivity contribution in [2.75, 3.05) is 32.7 Å². The van der Waals surface area contributed by atoms with Gasteiger partial charge in [-0.3, -0.25) is 14.5 Å². The standard InChI is InChI=1S/C23H27F2N3O2/c1-17(2)28(15-18-6-4-3-5-7-18)22(29)16-26-10-12-27(13-11-26)23(30)19-8-9-20(24)21(25)14-19/h3-9,14,17H,10-13,15-16H2,1-2H3. The molecule has 0 bridgehead atoms. The van der Waals surface area contributed by atoms with Gasteiger partial charge in [-0.25, -0.2) is 8.78 Å². The molecule has 1 heterocycles. The highest BCUT2D eigenvalue weighted by Gasteiger charge is 2.26. The van der Waals surface area contributed by atoms with Gasteiger partial charge < -0.3 is 9.80 Å². The Morgan fingerprint density at radius 2 is 1.63 bits per heavy atom. The zero-order valence-corrected chi connectivity index (χ0v) is 17.4. The molecule has 1 fully saturated rings. The highest BCUT2D eigenvalue weighted by molar-refractivity contribution is 5.94. The first-order chi connectivity index (χ1) is 14.3. The van der Waals surface area contributed by atoms with Crippen LogP contribution in [-0.2, 0) is 11.3 Å². The van der Waals surface area contributed by atoms with E-state index >= 15 is 0 Å². The minimum atomic E-state index is -1.03. The van der Waals surface area contributed by atoms with Gasteiger partial charge in [0.25, 0.3) is 5.91 Å². The maximum atomic E-state index is 13.4. The van der Waals surface area contributed by atoms with E-state index in [1.165, 1.54) is 6.07 Å². The van der Waals surface area contributed by atoms with Crippen LogP contribution in [-0.4, -0.2) is 65.3 Å². The van der Waals surface area contributed by atoms with Gasteiger partial charge in [0.05, 0.1) is 6.54 Å². The number of hydrogen-bond acceptors (Lipinski definition) is 3. The Morgan fingerprint density at radius 3 is 2.23 bits per heavy atom. The second kappa shape index (κ2) is 9.80. The van der Waals surface area contributed by atoms with E-state index in [4.69, 9.17) is 0 Å². The lowest BCUT2D eigenvalue weighted by Gasteiger charge is -2.36. The molecule has 7 heteroatoms. The number of rotatable bonds is 6. The van der Waals surface area contributed by atoms with Crippen molar-refractivity contribution in [3.05, 3.63) is 71.3 Å². The summed E-state index contributed by atoms with van der Waals surface area (Å²) < 4.78 is 26.5. The quantitative estimate of drug-likeness (QED) is 0.728. The molecule has 1 aliphatic heterocycles. The number of hydrogen-bond donors (Lipinski definition) is 0. The topological polar surface area (TPSA) is 43.9 Å². The van der Waals surface area contributed by atoms with E-state index in [9.17, 15) is 18.4 Å². The molecule has 1 saturated heterocycles. The second-order valence-electron chi connectivity index (χ2n) is 7.80. The largest absolute Gasteiger partial charge is 0.336 e. The molecule has 160 valence electrons. The summed E-state index contributed by atoms with van der Waals surface area (Å²) in [4.78, 5) is 30.9. The fourth-order valence-corrected chi connectivity index (χ4v) is 3.54. The van der Waals surface area contributed by atoms with Crippen molar-refractivity contribution in [3.8, 4) is 0 Å². The van der Waals surface area contributed by atoms with Crippen LogP contribution in [0.5, 0.6) is 0 Å². The number of halogens is 2. The van der Waals surface area contributed by atoms with E-state index in [1.54, 1.807) is 4.90 Å². The van der Waals surface area contributed by atoms with Crippen LogP contribution in [0.4, 0.5) is 8.78 Å². The van der Waals surface area contributed by atoms with Crippen LogP contribution in [0.25, 0.3) is 0 Å². The average Bonchev–Trinajstić information content (AvgIpc) is 2.74. The molecule has 2 aromatic carbocycles. The summed E-state index contributed by atoms with van der Waals surface area (Å²) >= 11 is 0. The van der Waals surface area contributed by atoms with Gasteiger partial charge in [0.15, 0.2) is 11.6 Å². The van der Waals surface area contributed by atoms with Gasteiger partial charge in [0.1, 0.15) is 0 Å². The molecule has 0 saturated carbocycles. The molecule has 1 aliphatic rings. The van der Waals surface area contributed by atoms with E-state index in [2.05, 4.69) is 0 Å².